The highest BCUT2D eigenvalue weighted by Gasteiger charge is 2.06. The summed E-state index contributed by atoms with van der Waals surface area (Å²) in [5.41, 5.74) is 3.01. The van der Waals surface area contributed by atoms with Gasteiger partial charge >= 0.3 is 5.97 Å². The third kappa shape index (κ3) is 4.86. The van der Waals surface area contributed by atoms with E-state index in [0.29, 0.717) is 12.0 Å². The molecule has 2 aromatic carbocycles. The molecule has 0 fully saturated rings. The zero-order chi connectivity index (χ0) is 16.7. The van der Waals surface area contributed by atoms with Crippen molar-refractivity contribution in [3.05, 3.63) is 59.7 Å². The van der Waals surface area contributed by atoms with E-state index in [-0.39, 0.29) is 0 Å². The van der Waals surface area contributed by atoms with Crippen LogP contribution in [0.5, 0.6) is 0 Å². The average Bonchev–Trinajstić information content (AvgIpc) is 2.55. The lowest BCUT2D eigenvalue weighted by molar-refractivity contribution is -0.135. The molecule has 0 radical (unpaired) electrons. The molecule has 0 saturated carbocycles. The molecule has 0 spiro atoms. The molecule has 0 aromatic heterocycles. The van der Waals surface area contributed by atoms with Gasteiger partial charge in [-0.15, -0.1) is 0 Å². The number of nitrogens with one attached hydrogen (secondary N) is 2. The summed E-state index contributed by atoms with van der Waals surface area (Å²) >= 11 is 0. The Morgan fingerprint density at radius 2 is 1.57 bits per heavy atom. The number of carbonyl (C=O) groups excluding carboxylic acids is 1. The highest BCUT2D eigenvalue weighted by molar-refractivity contribution is 5.96. The minimum absolute atomic E-state index is 0.375. The quantitative estimate of drug-likeness (QED) is 0.760. The third-order valence-corrected chi connectivity index (χ3v) is 3.07. The summed E-state index contributed by atoms with van der Waals surface area (Å²) in [7, 11) is 0. The van der Waals surface area contributed by atoms with Crippen LogP contribution in [0.15, 0.2) is 48.5 Å². The maximum absolute atomic E-state index is 11.7. The number of hydrogen-bond acceptors (Lipinski definition) is 4. The van der Waals surface area contributed by atoms with E-state index in [4.69, 9.17) is 10.4 Å². The molecule has 116 valence electrons. The number of carboxylic acids is 1. The predicted octanol–water partition coefficient (Wildman–Crippen LogP) is 2.31. The van der Waals surface area contributed by atoms with E-state index in [1.165, 1.54) is 0 Å². The van der Waals surface area contributed by atoms with Crippen molar-refractivity contribution < 1.29 is 14.7 Å². The molecule has 0 aliphatic carbocycles. The maximum atomic E-state index is 11.7. The van der Waals surface area contributed by atoms with Crippen LogP contribution in [0.25, 0.3) is 0 Å². The first kappa shape index (κ1) is 16.0. The summed E-state index contributed by atoms with van der Waals surface area (Å²) in [4.78, 5) is 22.1. The monoisotopic (exact) mass is 309 g/mol. The second-order valence-electron chi connectivity index (χ2n) is 4.81. The smallest absolute Gasteiger partial charge is 0.322 e. The van der Waals surface area contributed by atoms with Gasteiger partial charge in [0.15, 0.2) is 0 Å². The molecule has 6 heteroatoms. The molecule has 0 heterocycles. The van der Waals surface area contributed by atoms with Crippen LogP contribution in [0.4, 0.5) is 11.4 Å². The van der Waals surface area contributed by atoms with Crippen molar-refractivity contribution in [2.45, 2.75) is 6.42 Å². The minimum atomic E-state index is -1.09. The molecule has 0 saturated heterocycles. The summed E-state index contributed by atoms with van der Waals surface area (Å²) < 4.78 is 0. The van der Waals surface area contributed by atoms with E-state index in [1.54, 1.807) is 24.3 Å². The van der Waals surface area contributed by atoms with Gasteiger partial charge in [-0.1, -0.05) is 12.1 Å². The molecule has 6 nitrogen and oxygen atoms in total. The molecular formula is C17H15N3O3. The Balaban J connectivity index is 1.98. The number of carbonyl (C=O) groups is 2. The molecule has 0 atom stereocenters. The van der Waals surface area contributed by atoms with Gasteiger partial charge in [0, 0.05) is 16.9 Å². The number of rotatable bonds is 6. The van der Waals surface area contributed by atoms with Gasteiger partial charge < -0.3 is 15.7 Å². The highest BCUT2D eigenvalue weighted by Crippen LogP contribution is 2.18. The number of hydrogen-bond donors (Lipinski definition) is 3. The first-order valence-corrected chi connectivity index (χ1v) is 6.91. The number of nitrogens with zero attached hydrogens (tertiary/aromatic N) is 1. The molecule has 2 aromatic rings. The van der Waals surface area contributed by atoms with Crippen molar-refractivity contribution in [3.63, 3.8) is 0 Å². The molecule has 0 aliphatic heterocycles. The van der Waals surface area contributed by atoms with Gasteiger partial charge in [0.1, 0.15) is 6.54 Å². The molecule has 23 heavy (non-hydrogen) atoms. The number of anilines is 2. The number of aliphatic carboxylic acids is 1. The fourth-order valence-corrected chi connectivity index (χ4v) is 1.93. The van der Waals surface area contributed by atoms with E-state index in [9.17, 15) is 9.59 Å². The molecule has 0 unspecified atom stereocenters. The Morgan fingerprint density at radius 1 is 1.00 bits per heavy atom. The van der Waals surface area contributed by atoms with Crippen molar-refractivity contribution in [1.82, 2.24) is 5.32 Å². The average molecular weight is 309 g/mol. The zero-order valence-electron chi connectivity index (χ0n) is 12.2. The normalized spacial score (nSPS) is 9.70. The van der Waals surface area contributed by atoms with Crippen molar-refractivity contribution in [3.8, 4) is 6.07 Å². The van der Waals surface area contributed by atoms with Gasteiger partial charge in [-0.3, -0.25) is 9.59 Å². The second kappa shape index (κ2) is 7.61. The number of carboxylic acid groups (broad SMARTS) is 1. The van der Waals surface area contributed by atoms with Crippen LogP contribution < -0.4 is 10.6 Å². The first-order valence-electron chi connectivity index (χ1n) is 6.91. The van der Waals surface area contributed by atoms with Crippen LogP contribution in [-0.4, -0.2) is 23.5 Å². The molecule has 2 rings (SSSR count). The van der Waals surface area contributed by atoms with Gasteiger partial charge in [-0.25, -0.2) is 0 Å². The number of nitriles is 1. The topological polar surface area (TPSA) is 102 Å². The Kier molecular flexibility index (Phi) is 5.31. The number of amides is 1. The van der Waals surface area contributed by atoms with Gasteiger partial charge in [0.05, 0.1) is 12.5 Å². The van der Waals surface area contributed by atoms with Crippen LogP contribution >= 0.6 is 0 Å². The Labute approximate surface area is 133 Å². The van der Waals surface area contributed by atoms with Gasteiger partial charge in [-0.2, -0.15) is 5.26 Å². The Morgan fingerprint density at radius 3 is 2.09 bits per heavy atom. The summed E-state index contributed by atoms with van der Waals surface area (Å²) in [5, 5.41) is 22.6. The minimum Gasteiger partial charge on any atom is -0.480 e. The van der Waals surface area contributed by atoms with Crippen molar-refractivity contribution >= 4 is 23.3 Å². The van der Waals surface area contributed by atoms with E-state index >= 15 is 0 Å². The van der Waals surface area contributed by atoms with Crippen LogP contribution in [0, 0.1) is 11.3 Å². The van der Waals surface area contributed by atoms with E-state index in [0.717, 1.165) is 16.9 Å². The summed E-state index contributed by atoms with van der Waals surface area (Å²) in [5.74, 6) is -1.52. The highest BCUT2D eigenvalue weighted by atomic mass is 16.4. The van der Waals surface area contributed by atoms with Crippen LogP contribution in [-0.2, 0) is 11.2 Å². The number of benzene rings is 2. The van der Waals surface area contributed by atoms with Gasteiger partial charge in [0.2, 0.25) is 0 Å². The fraction of sp³-hybridized carbons (Fsp3) is 0.118. The van der Waals surface area contributed by atoms with Gasteiger partial charge in [0.25, 0.3) is 5.91 Å². The van der Waals surface area contributed by atoms with E-state index in [2.05, 4.69) is 16.7 Å². The molecule has 0 aliphatic rings. The van der Waals surface area contributed by atoms with Crippen LogP contribution in [0.1, 0.15) is 15.9 Å². The van der Waals surface area contributed by atoms with Crippen molar-refractivity contribution in [2.75, 3.05) is 11.9 Å². The zero-order valence-corrected chi connectivity index (χ0v) is 12.2. The summed E-state index contributed by atoms with van der Waals surface area (Å²) in [6, 6.07) is 16.3. The van der Waals surface area contributed by atoms with Gasteiger partial charge in [-0.05, 0) is 42.0 Å². The molecule has 1 amide bonds. The van der Waals surface area contributed by atoms with E-state index in [1.807, 2.05) is 24.3 Å². The molecule has 0 bridgehead atoms. The third-order valence-electron chi connectivity index (χ3n) is 3.07. The summed E-state index contributed by atoms with van der Waals surface area (Å²) in [6.07, 6.45) is 0.375. The maximum Gasteiger partial charge on any atom is 0.322 e. The van der Waals surface area contributed by atoms with Crippen LogP contribution in [0.2, 0.25) is 0 Å². The SMILES string of the molecule is N#CCc1ccc(Nc2ccc(C(=O)NCC(=O)O)cc2)cc1. The lowest BCUT2D eigenvalue weighted by Gasteiger charge is -2.08. The molecule has 3 N–H and O–H groups in total. The Bertz CT molecular complexity index is 731. The predicted molar refractivity (Wildman–Crippen MR) is 85.5 cm³/mol. The molecular weight excluding hydrogens is 294 g/mol. The first-order chi connectivity index (χ1) is 11.1. The van der Waals surface area contributed by atoms with Crippen molar-refractivity contribution in [2.24, 2.45) is 0 Å². The van der Waals surface area contributed by atoms with Crippen molar-refractivity contribution in [1.29, 1.82) is 5.26 Å². The standard InChI is InChI=1S/C17H15N3O3/c18-10-9-12-1-5-14(6-2-12)20-15-7-3-13(4-8-15)17(23)19-11-16(21)22/h1-8,20H,9,11H2,(H,19,23)(H,21,22). The lowest BCUT2D eigenvalue weighted by atomic mass is 10.1. The van der Waals surface area contributed by atoms with E-state index < -0.39 is 18.4 Å². The van der Waals surface area contributed by atoms with Crippen LogP contribution in [0.3, 0.4) is 0 Å². The second-order valence-corrected chi connectivity index (χ2v) is 4.81. The largest absolute Gasteiger partial charge is 0.480 e. The fourth-order valence-electron chi connectivity index (χ4n) is 1.93. The lowest BCUT2D eigenvalue weighted by Crippen LogP contribution is -2.29. The summed E-state index contributed by atoms with van der Waals surface area (Å²) in [6.45, 7) is -0.409. The Hall–Kier alpha value is -3.33.